The van der Waals surface area contributed by atoms with Crippen molar-refractivity contribution >= 4 is 11.8 Å². The summed E-state index contributed by atoms with van der Waals surface area (Å²) in [7, 11) is 0. The molecule has 0 amide bonds. The van der Waals surface area contributed by atoms with Gasteiger partial charge in [-0.2, -0.15) is 11.8 Å². The Hall–Kier alpha value is 0.310. The average molecular weight is 231 g/mol. The minimum atomic E-state index is 0.694. The molecule has 0 saturated heterocycles. The molecular formula is C13H29NS. The highest BCUT2D eigenvalue weighted by molar-refractivity contribution is 7.99. The van der Waals surface area contributed by atoms with E-state index in [9.17, 15) is 0 Å². The van der Waals surface area contributed by atoms with E-state index in [0.29, 0.717) is 6.04 Å². The van der Waals surface area contributed by atoms with Gasteiger partial charge in [0.1, 0.15) is 0 Å². The lowest BCUT2D eigenvalue weighted by atomic mass is 10.1. The molecule has 1 atom stereocenters. The van der Waals surface area contributed by atoms with Crippen LogP contribution in [0.2, 0.25) is 0 Å². The van der Waals surface area contributed by atoms with E-state index >= 15 is 0 Å². The molecule has 0 N–H and O–H groups in total. The van der Waals surface area contributed by atoms with Crippen molar-refractivity contribution in [1.29, 1.82) is 0 Å². The second-order valence-corrected chi connectivity index (χ2v) is 6.61. The van der Waals surface area contributed by atoms with Crippen molar-refractivity contribution in [3.05, 3.63) is 0 Å². The van der Waals surface area contributed by atoms with Crippen LogP contribution in [0.5, 0.6) is 0 Å². The van der Waals surface area contributed by atoms with E-state index < -0.39 is 0 Å². The van der Waals surface area contributed by atoms with Crippen molar-refractivity contribution in [2.75, 3.05) is 18.8 Å². The molecule has 0 aromatic heterocycles. The van der Waals surface area contributed by atoms with E-state index in [0.717, 1.165) is 11.2 Å². The van der Waals surface area contributed by atoms with Crippen LogP contribution >= 0.6 is 11.8 Å². The van der Waals surface area contributed by atoms with Crippen LogP contribution in [-0.4, -0.2) is 35.0 Å². The van der Waals surface area contributed by atoms with Crippen molar-refractivity contribution < 1.29 is 0 Å². The summed E-state index contributed by atoms with van der Waals surface area (Å²) in [5.74, 6) is 2.16. The summed E-state index contributed by atoms with van der Waals surface area (Å²) >= 11 is 2.09. The standard InChI is InChI=1S/C13H29NS/c1-7-14(11(2)3)9-8-13(6)10-15-12(4)5/h11-13H,7-10H2,1-6H3. The maximum absolute atomic E-state index is 2.55. The minimum Gasteiger partial charge on any atom is -0.301 e. The Morgan fingerprint density at radius 1 is 1.07 bits per heavy atom. The molecule has 92 valence electrons. The van der Waals surface area contributed by atoms with Crippen molar-refractivity contribution in [2.45, 2.75) is 59.3 Å². The Kier molecular flexibility index (Phi) is 8.64. The maximum Gasteiger partial charge on any atom is 0.00384 e. The number of hydrogen-bond donors (Lipinski definition) is 0. The van der Waals surface area contributed by atoms with Gasteiger partial charge in [0.25, 0.3) is 0 Å². The molecule has 0 aromatic rings. The van der Waals surface area contributed by atoms with Gasteiger partial charge in [0.15, 0.2) is 0 Å². The Morgan fingerprint density at radius 3 is 2.07 bits per heavy atom. The van der Waals surface area contributed by atoms with Crippen LogP contribution in [0.25, 0.3) is 0 Å². The first kappa shape index (κ1) is 15.3. The molecule has 1 unspecified atom stereocenters. The lowest BCUT2D eigenvalue weighted by Gasteiger charge is -2.26. The largest absolute Gasteiger partial charge is 0.301 e. The summed E-state index contributed by atoms with van der Waals surface area (Å²) in [5, 5.41) is 0.778. The molecule has 0 bridgehead atoms. The van der Waals surface area contributed by atoms with Gasteiger partial charge < -0.3 is 4.90 Å². The van der Waals surface area contributed by atoms with Gasteiger partial charge in [-0.3, -0.25) is 0 Å². The molecule has 15 heavy (non-hydrogen) atoms. The smallest absolute Gasteiger partial charge is 0.00384 e. The van der Waals surface area contributed by atoms with Crippen LogP contribution in [0.15, 0.2) is 0 Å². The van der Waals surface area contributed by atoms with Crippen molar-refractivity contribution in [1.82, 2.24) is 4.90 Å². The van der Waals surface area contributed by atoms with E-state index in [1.165, 1.54) is 25.3 Å². The van der Waals surface area contributed by atoms with E-state index in [1.54, 1.807) is 0 Å². The molecule has 0 rings (SSSR count). The van der Waals surface area contributed by atoms with Crippen molar-refractivity contribution in [2.24, 2.45) is 5.92 Å². The van der Waals surface area contributed by atoms with Gasteiger partial charge in [-0.15, -0.1) is 0 Å². The van der Waals surface area contributed by atoms with Crippen LogP contribution in [0.4, 0.5) is 0 Å². The van der Waals surface area contributed by atoms with Crippen LogP contribution < -0.4 is 0 Å². The molecule has 0 heterocycles. The first-order chi connectivity index (χ1) is 6.97. The quantitative estimate of drug-likeness (QED) is 0.623. The fraction of sp³-hybridized carbons (Fsp3) is 1.00. The highest BCUT2D eigenvalue weighted by atomic mass is 32.2. The summed E-state index contributed by atoms with van der Waals surface area (Å²) < 4.78 is 0. The van der Waals surface area contributed by atoms with Gasteiger partial charge in [-0.25, -0.2) is 0 Å². The molecule has 2 heteroatoms. The monoisotopic (exact) mass is 231 g/mol. The Bertz CT molecular complexity index is 145. The number of hydrogen-bond acceptors (Lipinski definition) is 2. The molecule has 0 spiro atoms. The predicted molar refractivity (Wildman–Crippen MR) is 73.8 cm³/mol. The third kappa shape index (κ3) is 8.15. The van der Waals surface area contributed by atoms with Gasteiger partial charge in [0, 0.05) is 6.04 Å². The van der Waals surface area contributed by atoms with Crippen molar-refractivity contribution in [3.63, 3.8) is 0 Å². The zero-order valence-corrected chi connectivity index (χ0v) is 12.2. The Labute approximate surface area is 101 Å². The minimum absolute atomic E-state index is 0.694. The molecule has 0 saturated carbocycles. The normalized spacial score (nSPS) is 14.2. The van der Waals surface area contributed by atoms with Crippen LogP contribution in [-0.2, 0) is 0 Å². The van der Waals surface area contributed by atoms with Gasteiger partial charge in [-0.1, -0.05) is 27.7 Å². The van der Waals surface area contributed by atoms with E-state index in [4.69, 9.17) is 0 Å². The van der Waals surface area contributed by atoms with Gasteiger partial charge in [-0.05, 0) is 50.3 Å². The maximum atomic E-state index is 2.55. The molecule has 1 nitrogen and oxygen atoms in total. The van der Waals surface area contributed by atoms with Gasteiger partial charge >= 0.3 is 0 Å². The molecule has 0 fully saturated rings. The molecule has 0 radical (unpaired) electrons. The van der Waals surface area contributed by atoms with E-state index in [-0.39, 0.29) is 0 Å². The van der Waals surface area contributed by atoms with Gasteiger partial charge in [0.05, 0.1) is 0 Å². The summed E-state index contributed by atoms with van der Waals surface area (Å²) in [5.41, 5.74) is 0. The summed E-state index contributed by atoms with van der Waals surface area (Å²) in [6, 6.07) is 0.694. The number of thioether (sulfide) groups is 1. The topological polar surface area (TPSA) is 3.24 Å². The highest BCUT2D eigenvalue weighted by Gasteiger charge is 2.09. The SMILES string of the molecule is CCN(CCC(C)CSC(C)C)C(C)C. The summed E-state index contributed by atoms with van der Waals surface area (Å²) in [6.45, 7) is 16.2. The first-order valence-corrected chi connectivity index (χ1v) is 7.37. The predicted octanol–water partition coefficient (Wildman–Crippen LogP) is 3.88. The lowest BCUT2D eigenvalue weighted by molar-refractivity contribution is 0.221. The zero-order chi connectivity index (χ0) is 11.8. The Morgan fingerprint density at radius 2 is 1.67 bits per heavy atom. The highest BCUT2D eigenvalue weighted by Crippen LogP contribution is 2.17. The van der Waals surface area contributed by atoms with Crippen LogP contribution in [0.1, 0.15) is 48.0 Å². The average Bonchev–Trinajstić information content (AvgIpc) is 2.15. The number of nitrogens with zero attached hydrogens (tertiary/aromatic N) is 1. The zero-order valence-electron chi connectivity index (χ0n) is 11.4. The summed E-state index contributed by atoms with van der Waals surface area (Å²) in [4.78, 5) is 2.55. The summed E-state index contributed by atoms with van der Waals surface area (Å²) in [6.07, 6.45) is 1.34. The van der Waals surface area contributed by atoms with E-state index in [2.05, 4.69) is 58.2 Å². The second-order valence-electron chi connectivity index (χ2n) is 5.00. The van der Waals surface area contributed by atoms with Crippen LogP contribution in [0, 0.1) is 5.92 Å². The fourth-order valence-electron chi connectivity index (χ4n) is 1.61. The molecule has 0 aliphatic rings. The molecule has 0 aliphatic carbocycles. The molecular weight excluding hydrogens is 202 g/mol. The third-order valence-corrected chi connectivity index (χ3v) is 4.19. The molecule has 0 aromatic carbocycles. The fourth-order valence-corrected chi connectivity index (χ4v) is 2.49. The lowest BCUT2D eigenvalue weighted by Crippen LogP contribution is -2.32. The van der Waals surface area contributed by atoms with Crippen molar-refractivity contribution in [3.8, 4) is 0 Å². The van der Waals surface area contributed by atoms with Crippen LogP contribution in [0.3, 0.4) is 0 Å². The number of rotatable bonds is 8. The van der Waals surface area contributed by atoms with E-state index in [1.807, 2.05) is 0 Å². The van der Waals surface area contributed by atoms with Gasteiger partial charge in [0.2, 0.25) is 0 Å². The first-order valence-electron chi connectivity index (χ1n) is 6.33. The Balaban J connectivity index is 3.63. The molecule has 0 aliphatic heterocycles. The third-order valence-electron chi connectivity index (χ3n) is 2.76. The second kappa shape index (κ2) is 8.46.